The highest BCUT2D eigenvalue weighted by atomic mass is 16.5. The second-order valence-corrected chi connectivity index (χ2v) is 5.21. The largest absolute Gasteiger partial charge is 0.383 e. The quantitative estimate of drug-likeness (QED) is 0.671. The predicted octanol–water partition coefficient (Wildman–Crippen LogP) is 0.794. The van der Waals surface area contributed by atoms with Gasteiger partial charge in [-0.2, -0.15) is 0 Å². The Kier molecular flexibility index (Phi) is 5.00. The van der Waals surface area contributed by atoms with Gasteiger partial charge >= 0.3 is 0 Å². The molecule has 0 aliphatic heterocycles. The highest BCUT2D eigenvalue weighted by Gasteiger charge is 2.15. The Morgan fingerprint density at radius 3 is 2.84 bits per heavy atom. The van der Waals surface area contributed by atoms with Crippen molar-refractivity contribution >= 4 is 5.91 Å². The number of hydrogen-bond donors (Lipinski definition) is 1. The maximum Gasteiger partial charge on any atom is 0.255 e. The molecule has 1 N–H and O–H groups in total. The van der Waals surface area contributed by atoms with Crippen LogP contribution in [0.4, 0.5) is 0 Å². The standard InChI is InChI=1S/C17H17N5O3/c1-25-11-8-18-17(24)14-12-13(21-9-3-2-4-16(21)23)5-6-15(14)22-10-7-19-20-22/h2-7,9-10,12H,8,11H2,1H3,(H,18,24). The molecule has 3 rings (SSSR count). The lowest BCUT2D eigenvalue weighted by Gasteiger charge is -2.13. The van der Waals surface area contributed by atoms with Gasteiger partial charge in [-0.25, -0.2) is 4.68 Å². The number of methoxy groups -OCH3 is 1. The van der Waals surface area contributed by atoms with Crippen molar-refractivity contribution in [3.63, 3.8) is 0 Å². The molecule has 8 heteroatoms. The van der Waals surface area contributed by atoms with Gasteiger partial charge in [0.1, 0.15) is 0 Å². The fraction of sp³-hybridized carbons (Fsp3) is 0.176. The molecular formula is C17H17N5O3. The maximum atomic E-state index is 12.6. The molecule has 25 heavy (non-hydrogen) atoms. The number of benzene rings is 1. The molecule has 2 heterocycles. The zero-order valence-electron chi connectivity index (χ0n) is 13.6. The monoisotopic (exact) mass is 339 g/mol. The Bertz CT molecular complexity index is 918. The summed E-state index contributed by atoms with van der Waals surface area (Å²) in [5.74, 6) is -0.284. The van der Waals surface area contributed by atoms with E-state index in [1.54, 1.807) is 49.8 Å². The third kappa shape index (κ3) is 3.64. The number of nitrogens with zero attached hydrogens (tertiary/aromatic N) is 4. The third-order valence-electron chi connectivity index (χ3n) is 3.59. The van der Waals surface area contributed by atoms with E-state index in [2.05, 4.69) is 15.6 Å². The van der Waals surface area contributed by atoms with Crippen molar-refractivity contribution in [2.24, 2.45) is 0 Å². The van der Waals surface area contributed by atoms with Crippen molar-refractivity contribution in [3.8, 4) is 11.4 Å². The molecular weight excluding hydrogens is 322 g/mol. The van der Waals surface area contributed by atoms with Crippen LogP contribution in [0.2, 0.25) is 0 Å². The number of rotatable bonds is 6. The van der Waals surface area contributed by atoms with E-state index < -0.39 is 0 Å². The highest BCUT2D eigenvalue weighted by molar-refractivity contribution is 5.98. The van der Waals surface area contributed by atoms with Crippen molar-refractivity contribution in [2.45, 2.75) is 0 Å². The van der Waals surface area contributed by atoms with E-state index >= 15 is 0 Å². The first-order valence-electron chi connectivity index (χ1n) is 7.66. The van der Waals surface area contributed by atoms with E-state index in [0.717, 1.165) is 0 Å². The van der Waals surface area contributed by atoms with Gasteiger partial charge in [0.2, 0.25) is 0 Å². The number of ether oxygens (including phenoxy) is 1. The second-order valence-electron chi connectivity index (χ2n) is 5.21. The Morgan fingerprint density at radius 2 is 2.12 bits per heavy atom. The molecule has 0 spiro atoms. The average Bonchev–Trinajstić information content (AvgIpc) is 3.16. The van der Waals surface area contributed by atoms with Gasteiger partial charge in [0.05, 0.1) is 30.3 Å². The lowest BCUT2D eigenvalue weighted by molar-refractivity contribution is 0.0937. The van der Waals surface area contributed by atoms with E-state index in [9.17, 15) is 9.59 Å². The lowest BCUT2D eigenvalue weighted by atomic mass is 10.1. The normalized spacial score (nSPS) is 10.6. The van der Waals surface area contributed by atoms with Crippen LogP contribution in [0.5, 0.6) is 0 Å². The number of carbonyl (C=O) groups excluding carboxylic acids is 1. The fourth-order valence-corrected chi connectivity index (χ4v) is 2.39. The fourth-order valence-electron chi connectivity index (χ4n) is 2.39. The van der Waals surface area contributed by atoms with E-state index in [1.165, 1.54) is 21.5 Å². The first kappa shape index (κ1) is 16.6. The van der Waals surface area contributed by atoms with Crippen LogP contribution in [0, 0.1) is 0 Å². The van der Waals surface area contributed by atoms with Crippen molar-refractivity contribution in [1.82, 2.24) is 24.9 Å². The number of hydrogen-bond acceptors (Lipinski definition) is 5. The lowest BCUT2D eigenvalue weighted by Crippen LogP contribution is -2.28. The van der Waals surface area contributed by atoms with Gasteiger partial charge in [-0.05, 0) is 24.3 Å². The molecule has 0 fully saturated rings. The maximum absolute atomic E-state index is 12.6. The Balaban J connectivity index is 2.04. The Morgan fingerprint density at radius 1 is 1.24 bits per heavy atom. The average molecular weight is 339 g/mol. The molecule has 1 amide bonds. The molecule has 0 atom stereocenters. The van der Waals surface area contributed by atoms with E-state index in [0.29, 0.717) is 30.1 Å². The summed E-state index contributed by atoms with van der Waals surface area (Å²) in [6.07, 6.45) is 4.83. The number of pyridine rings is 1. The molecule has 0 saturated heterocycles. The first-order valence-corrected chi connectivity index (χ1v) is 7.66. The minimum atomic E-state index is -0.284. The van der Waals surface area contributed by atoms with E-state index in [-0.39, 0.29) is 11.5 Å². The zero-order valence-corrected chi connectivity index (χ0v) is 13.6. The SMILES string of the molecule is COCCNC(=O)c1cc(-n2ccccc2=O)ccc1-n1ccnn1. The number of amides is 1. The van der Waals surface area contributed by atoms with Crippen LogP contribution in [0.15, 0.2) is 59.8 Å². The molecule has 0 radical (unpaired) electrons. The van der Waals surface area contributed by atoms with Crippen LogP contribution in [-0.4, -0.2) is 45.7 Å². The molecule has 8 nitrogen and oxygen atoms in total. The first-order chi connectivity index (χ1) is 12.2. The third-order valence-corrected chi connectivity index (χ3v) is 3.59. The molecule has 128 valence electrons. The molecule has 0 aliphatic carbocycles. The van der Waals surface area contributed by atoms with Gasteiger partial charge in [0.15, 0.2) is 0 Å². The summed E-state index contributed by atoms with van der Waals surface area (Å²) in [5.41, 5.74) is 1.36. The summed E-state index contributed by atoms with van der Waals surface area (Å²) >= 11 is 0. The van der Waals surface area contributed by atoms with E-state index in [4.69, 9.17) is 4.74 Å². The summed E-state index contributed by atoms with van der Waals surface area (Å²) < 4.78 is 7.92. The second kappa shape index (κ2) is 7.54. The van der Waals surface area contributed by atoms with E-state index in [1.807, 2.05) is 0 Å². The van der Waals surface area contributed by atoms with Crippen LogP contribution < -0.4 is 10.9 Å². The summed E-state index contributed by atoms with van der Waals surface area (Å²) in [7, 11) is 1.56. The van der Waals surface area contributed by atoms with Crippen LogP contribution in [0.1, 0.15) is 10.4 Å². The summed E-state index contributed by atoms with van der Waals surface area (Å²) in [4.78, 5) is 24.6. The van der Waals surface area contributed by atoms with Crippen LogP contribution in [0.25, 0.3) is 11.4 Å². The van der Waals surface area contributed by atoms with Gasteiger partial charge in [-0.15, -0.1) is 5.10 Å². The van der Waals surface area contributed by atoms with Crippen LogP contribution in [-0.2, 0) is 4.74 Å². The van der Waals surface area contributed by atoms with Crippen molar-refractivity contribution in [2.75, 3.05) is 20.3 Å². The van der Waals surface area contributed by atoms with Crippen molar-refractivity contribution < 1.29 is 9.53 Å². The summed E-state index contributed by atoms with van der Waals surface area (Å²) in [6.45, 7) is 0.782. The van der Waals surface area contributed by atoms with Gasteiger partial charge < -0.3 is 10.1 Å². The van der Waals surface area contributed by atoms with Crippen molar-refractivity contribution in [3.05, 3.63) is 70.9 Å². The van der Waals surface area contributed by atoms with Gasteiger partial charge in [-0.1, -0.05) is 11.3 Å². The molecule has 0 unspecified atom stereocenters. The smallest absolute Gasteiger partial charge is 0.255 e. The predicted molar refractivity (Wildman–Crippen MR) is 91.2 cm³/mol. The molecule has 2 aromatic heterocycles. The number of aromatic nitrogens is 4. The molecule has 0 saturated carbocycles. The highest BCUT2D eigenvalue weighted by Crippen LogP contribution is 2.18. The Labute approximate surface area is 143 Å². The number of nitrogens with one attached hydrogen (secondary N) is 1. The Hall–Kier alpha value is -3.26. The number of carbonyl (C=O) groups is 1. The van der Waals surface area contributed by atoms with Gasteiger partial charge in [-0.3, -0.25) is 14.2 Å². The van der Waals surface area contributed by atoms with Crippen LogP contribution >= 0.6 is 0 Å². The van der Waals surface area contributed by atoms with Crippen molar-refractivity contribution in [1.29, 1.82) is 0 Å². The molecule has 0 aliphatic rings. The molecule has 0 bridgehead atoms. The van der Waals surface area contributed by atoms with Gasteiger partial charge in [0.25, 0.3) is 11.5 Å². The summed E-state index contributed by atoms with van der Waals surface area (Å²) in [6, 6.07) is 10.0. The molecule has 3 aromatic rings. The zero-order chi connectivity index (χ0) is 17.6. The summed E-state index contributed by atoms with van der Waals surface area (Å²) in [5, 5.41) is 10.5. The van der Waals surface area contributed by atoms with Crippen LogP contribution in [0.3, 0.4) is 0 Å². The molecule has 1 aromatic carbocycles. The van der Waals surface area contributed by atoms with Gasteiger partial charge in [0, 0.05) is 31.6 Å². The minimum Gasteiger partial charge on any atom is -0.383 e. The minimum absolute atomic E-state index is 0.179. The topological polar surface area (TPSA) is 91.0 Å².